The van der Waals surface area contributed by atoms with Crippen molar-refractivity contribution in [1.29, 1.82) is 0 Å². The third kappa shape index (κ3) is 1.13. The molecule has 0 amide bonds. The number of carbonyl (C=O) groups is 1. The summed E-state index contributed by atoms with van der Waals surface area (Å²) >= 11 is 0. The molecule has 0 aliphatic heterocycles. The van der Waals surface area contributed by atoms with Gasteiger partial charge in [0.05, 0.1) is 5.92 Å². The maximum Gasteiger partial charge on any atom is 0.306 e. The summed E-state index contributed by atoms with van der Waals surface area (Å²) in [5.74, 6) is 1.37. The number of carboxylic acids is 1. The summed E-state index contributed by atoms with van der Waals surface area (Å²) in [4.78, 5) is 10.8. The first-order valence-electron chi connectivity index (χ1n) is 4.91. The Bertz CT molecular complexity index is 200. The standard InChI is InChI=1S/C10H16O2/c1-6(10(11)12)9-5-7-2-3-8(9)4-7/h6-9H,2-5H2,1H3,(H,11,12)/t6-,7?,8?,9?/m0/s1. The van der Waals surface area contributed by atoms with Crippen LogP contribution in [0, 0.1) is 23.7 Å². The maximum absolute atomic E-state index is 10.8. The molecular formula is C10H16O2. The molecule has 2 bridgehead atoms. The van der Waals surface area contributed by atoms with Crippen LogP contribution in [0.5, 0.6) is 0 Å². The molecule has 2 rings (SSSR count). The first kappa shape index (κ1) is 8.09. The van der Waals surface area contributed by atoms with Crippen LogP contribution in [0.4, 0.5) is 0 Å². The van der Waals surface area contributed by atoms with Gasteiger partial charge in [-0.1, -0.05) is 13.3 Å². The van der Waals surface area contributed by atoms with E-state index in [0.717, 1.165) is 11.8 Å². The number of hydrogen-bond donors (Lipinski definition) is 1. The Labute approximate surface area is 73.0 Å². The van der Waals surface area contributed by atoms with Crippen molar-refractivity contribution in [2.45, 2.75) is 32.6 Å². The fourth-order valence-electron chi connectivity index (χ4n) is 3.09. The summed E-state index contributed by atoms with van der Waals surface area (Å²) in [7, 11) is 0. The number of carboxylic acid groups (broad SMARTS) is 1. The van der Waals surface area contributed by atoms with Gasteiger partial charge in [0, 0.05) is 0 Å². The van der Waals surface area contributed by atoms with Crippen LogP contribution < -0.4 is 0 Å². The first-order valence-corrected chi connectivity index (χ1v) is 4.91. The lowest BCUT2D eigenvalue weighted by atomic mass is 9.80. The molecule has 2 heteroatoms. The minimum atomic E-state index is -0.604. The minimum Gasteiger partial charge on any atom is -0.481 e. The lowest BCUT2D eigenvalue weighted by molar-refractivity contribution is -0.143. The number of fused-ring (bicyclic) bond motifs is 2. The highest BCUT2D eigenvalue weighted by molar-refractivity contribution is 5.70. The van der Waals surface area contributed by atoms with Crippen LogP contribution in [-0.4, -0.2) is 11.1 Å². The SMILES string of the molecule is C[C@H](C(=O)O)C1CC2CCC1C2. The first-order chi connectivity index (χ1) is 5.68. The van der Waals surface area contributed by atoms with Crippen LogP contribution in [-0.2, 0) is 4.79 Å². The molecule has 0 saturated heterocycles. The fraction of sp³-hybridized carbons (Fsp3) is 0.900. The normalized spacial score (nSPS) is 41.6. The van der Waals surface area contributed by atoms with Gasteiger partial charge in [-0.15, -0.1) is 0 Å². The Morgan fingerprint density at radius 2 is 2.17 bits per heavy atom. The topological polar surface area (TPSA) is 37.3 Å². The predicted molar refractivity (Wildman–Crippen MR) is 45.7 cm³/mol. The number of rotatable bonds is 2. The zero-order valence-corrected chi connectivity index (χ0v) is 7.49. The van der Waals surface area contributed by atoms with Crippen molar-refractivity contribution in [3.05, 3.63) is 0 Å². The summed E-state index contributed by atoms with van der Waals surface area (Å²) in [6.45, 7) is 1.87. The zero-order valence-electron chi connectivity index (χ0n) is 7.49. The zero-order chi connectivity index (χ0) is 8.72. The lowest BCUT2D eigenvalue weighted by Gasteiger charge is -2.24. The fourth-order valence-corrected chi connectivity index (χ4v) is 3.09. The van der Waals surface area contributed by atoms with Crippen molar-refractivity contribution in [1.82, 2.24) is 0 Å². The summed E-state index contributed by atoms with van der Waals surface area (Å²) in [5.41, 5.74) is 0. The molecule has 12 heavy (non-hydrogen) atoms. The van der Waals surface area contributed by atoms with Crippen LogP contribution >= 0.6 is 0 Å². The van der Waals surface area contributed by atoms with Gasteiger partial charge in [-0.3, -0.25) is 4.79 Å². The van der Waals surface area contributed by atoms with E-state index in [2.05, 4.69) is 0 Å². The Hall–Kier alpha value is -0.530. The molecule has 2 nitrogen and oxygen atoms in total. The van der Waals surface area contributed by atoms with E-state index >= 15 is 0 Å². The van der Waals surface area contributed by atoms with Crippen molar-refractivity contribution in [2.75, 3.05) is 0 Å². The Morgan fingerprint density at radius 1 is 1.42 bits per heavy atom. The van der Waals surface area contributed by atoms with E-state index < -0.39 is 5.97 Å². The predicted octanol–water partition coefficient (Wildman–Crippen LogP) is 2.14. The average Bonchev–Trinajstić information content (AvgIpc) is 2.62. The van der Waals surface area contributed by atoms with Crippen molar-refractivity contribution < 1.29 is 9.90 Å². The molecule has 0 heterocycles. The monoisotopic (exact) mass is 168 g/mol. The molecule has 68 valence electrons. The summed E-state index contributed by atoms with van der Waals surface area (Å²) in [6, 6.07) is 0. The van der Waals surface area contributed by atoms with E-state index in [-0.39, 0.29) is 5.92 Å². The average molecular weight is 168 g/mol. The molecule has 0 radical (unpaired) electrons. The van der Waals surface area contributed by atoms with Crippen LogP contribution in [0.2, 0.25) is 0 Å². The third-order valence-corrected chi connectivity index (χ3v) is 3.82. The van der Waals surface area contributed by atoms with Crippen LogP contribution in [0.15, 0.2) is 0 Å². The molecule has 2 fully saturated rings. The van der Waals surface area contributed by atoms with Crippen LogP contribution in [0.3, 0.4) is 0 Å². The quantitative estimate of drug-likeness (QED) is 0.686. The van der Waals surface area contributed by atoms with Gasteiger partial charge in [-0.25, -0.2) is 0 Å². The van der Waals surface area contributed by atoms with Crippen molar-refractivity contribution in [2.24, 2.45) is 23.7 Å². The summed E-state index contributed by atoms with van der Waals surface area (Å²) in [5, 5.41) is 8.87. The molecular weight excluding hydrogens is 152 g/mol. The molecule has 3 unspecified atom stereocenters. The van der Waals surface area contributed by atoms with Gasteiger partial charge in [0.1, 0.15) is 0 Å². The van der Waals surface area contributed by atoms with E-state index in [9.17, 15) is 4.79 Å². The molecule has 0 aromatic carbocycles. The van der Waals surface area contributed by atoms with Crippen molar-refractivity contribution in [3.63, 3.8) is 0 Å². The van der Waals surface area contributed by atoms with Gasteiger partial charge >= 0.3 is 5.97 Å². The van der Waals surface area contributed by atoms with Gasteiger partial charge in [-0.05, 0) is 37.0 Å². The molecule has 4 atom stereocenters. The van der Waals surface area contributed by atoms with Gasteiger partial charge in [-0.2, -0.15) is 0 Å². The Morgan fingerprint density at radius 3 is 2.58 bits per heavy atom. The van der Waals surface area contributed by atoms with Gasteiger partial charge in [0.25, 0.3) is 0 Å². The highest BCUT2D eigenvalue weighted by Crippen LogP contribution is 2.50. The summed E-state index contributed by atoms with van der Waals surface area (Å²) in [6.07, 6.45) is 5.13. The number of aliphatic carboxylic acids is 1. The van der Waals surface area contributed by atoms with Crippen molar-refractivity contribution in [3.8, 4) is 0 Å². The van der Waals surface area contributed by atoms with Crippen LogP contribution in [0.1, 0.15) is 32.6 Å². The third-order valence-electron chi connectivity index (χ3n) is 3.82. The Kier molecular flexibility index (Phi) is 1.85. The second-order valence-corrected chi connectivity index (χ2v) is 4.47. The van der Waals surface area contributed by atoms with E-state index in [0.29, 0.717) is 5.92 Å². The van der Waals surface area contributed by atoms with Gasteiger partial charge < -0.3 is 5.11 Å². The summed E-state index contributed by atoms with van der Waals surface area (Å²) < 4.78 is 0. The van der Waals surface area contributed by atoms with E-state index in [4.69, 9.17) is 5.11 Å². The highest BCUT2D eigenvalue weighted by atomic mass is 16.4. The highest BCUT2D eigenvalue weighted by Gasteiger charge is 2.43. The second kappa shape index (κ2) is 2.75. The molecule has 0 aromatic heterocycles. The van der Waals surface area contributed by atoms with Gasteiger partial charge in [0.2, 0.25) is 0 Å². The van der Waals surface area contributed by atoms with E-state index in [1.807, 2.05) is 6.92 Å². The van der Waals surface area contributed by atoms with Crippen LogP contribution in [0.25, 0.3) is 0 Å². The maximum atomic E-state index is 10.8. The lowest BCUT2D eigenvalue weighted by Crippen LogP contribution is -2.25. The molecule has 2 saturated carbocycles. The molecule has 0 spiro atoms. The Balaban J connectivity index is 2.02. The van der Waals surface area contributed by atoms with E-state index in [1.165, 1.54) is 25.7 Å². The molecule has 0 aromatic rings. The largest absolute Gasteiger partial charge is 0.481 e. The number of hydrogen-bond acceptors (Lipinski definition) is 1. The smallest absolute Gasteiger partial charge is 0.306 e. The molecule has 2 aliphatic rings. The molecule has 2 aliphatic carbocycles. The van der Waals surface area contributed by atoms with Gasteiger partial charge in [0.15, 0.2) is 0 Å². The second-order valence-electron chi connectivity index (χ2n) is 4.47. The minimum absolute atomic E-state index is 0.111. The van der Waals surface area contributed by atoms with E-state index in [1.54, 1.807) is 0 Å². The molecule has 1 N–H and O–H groups in total. The van der Waals surface area contributed by atoms with Crippen molar-refractivity contribution >= 4 is 5.97 Å².